The van der Waals surface area contributed by atoms with Crippen LogP contribution in [-0.2, 0) is 24.3 Å². The smallest absolute Gasteiger partial charge is 0.321 e. The minimum Gasteiger partial charge on any atom is -0.452 e. The first-order valence-corrected chi connectivity index (χ1v) is 10.6. The normalized spacial score (nSPS) is 13.6. The Morgan fingerprint density at radius 1 is 1.00 bits per heavy atom. The van der Waals surface area contributed by atoms with Gasteiger partial charge in [-0.15, -0.1) is 0 Å². The molecule has 2 aromatic carbocycles. The van der Waals surface area contributed by atoms with Crippen molar-refractivity contribution >= 4 is 28.0 Å². The highest BCUT2D eigenvalue weighted by molar-refractivity contribution is 7.92. The average Bonchev–Trinajstić information content (AvgIpc) is 2.72. The van der Waals surface area contributed by atoms with Crippen molar-refractivity contribution in [3.05, 3.63) is 77.2 Å². The first kappa shape index (κ1) is 22.3. The fourth-order valence-corrected chi connectivity index (χ4v) is 3.14. The van der Waals surface area contributed by atoms with Crippen LogP contribution < -0.4 is 10.0 Å². The van der Waals surface area contributed by atoms with Gasteiger partial charge in [0.15, 0.2) is 6.10 Å². The number of sulfonamides is 1. The largest absolute Gasteiger partial charge is 0.452 e. The minimum atomic E-state index is -3.82. The van der Waals surface area contributed by atoms with E-state index in [1.54, 1.807) is 24.3 Å². The lowest BCUT2D eigenvalue weighted by Gasteiger charge is -2.18. The highest BCUT2D eigenvalue weighted by Crippen LogP contribution is 2.11. The van der Waals surface area contributed by atoms with Crippen molar-refractivity contribution in [2.75, 3.05) is 6.54 Å². The third kappa shape index (κ3) is 7.89. The van der Waals surface area contributed by atoms with Gasteiger partial charge in [0.05, 0.1) is 6.04 Å². The van der Waals surface area contributed by atoms with Gasteiger partial charge in [0.25, 0.3) is 5.91 Å². The molecule has 2 unspecified atom stereocenters. The molecule has 0 aliphatic rings. The molecule has 154 valence electrons. The summed E-state index contributed by atoms with van der Waals surface area (Å²) < 4.78 is 31.0. The predicted molar refractivity (Wildman–Crippen MR) is 111 cm³/mol. The molecule has 0 aromatic heterocycles. The Kier molecular flexibility index (Phi) is 8.11. The van der Waals surface area contributed by atoms with Crippen LogP contribution >= 0.6 is 0 Å². The summed E-state index contributed by atoms with van der Waals surface area (Å²) in [7, 11) is -3.82. The Labute approximate surface area is 170 Å². The summed E-state index contributed by atoms with van der Waals surface area (Å²) in [6, 6.07) is 18.0. The summed E-state index contributed by atoms with van der Waals surface area (Å²) in [5.74, 6) is -1.32. The molecule has 0 bridgehead atoms. The van der Waals surface area contributed by atoms with E-state index >= 15 is 0 Å². The maximum absolute atomic E-state index is 12.2. The van der Waals surface area contributed by atoms with Crippen LogP contribution in [0.25, 0.3) is 6.08 Å². The Morgan fingerprint density at radius 3 is 2.21 bits per heavy atom. The number of amides is 1. The summed E-state index contributed by atoms with van der Waals surface area (Å²) in [6.45, 7) is 2.66. The van der Waals surface area contributed by atoms with Gasteiger partial charge in [-0.3, -0.25) is 9.59 Å². The molecule has 0 saturated heterocycles. The van der Waals surface area contributed by atoms with Gasteiger partial charge in [0, 0.05) is 5.41 Å². The number of carbonyl (C=O) groups is 2. The van der Waals surface area contributed by atoms with Crippen LogP contribution in [0.2, 0.25) is 0 Å². The van der Waals surface area contributed by atoms with E-state index in [0.717, 1.165) is 11.0 Å². The lowest BCUT2D eigenvalue weighted by atomic mass is 10.1. The van der Waals surface area contributed by atoms with Crippen molar-refractivity contribution in [2.24, 2.45) is 0 Å². The molecule has 0 saturated carbocycles. The highest BCUT2D eigenvalue weighted by atomic mass is 32.2. The number of hydrogen-bond acceptors (Lipinski definition) is 5. The summed E-state index contributed by atoms with van der Waals surface area (Å²) in [4.78, 5) is 24.1. The maximum Gasteiger partial charge on any atom is 0.321 e. The third-order valence-corrected chi connectivity index (χ3v) is 5.03. The van der Waals surface area contributed by atoms with E-state index in [1.807, 2.05) is 43.3 Å². The van der Waals surface area contributed by atoms with E-state index in [9.17, 15) is 18.0 Å². The van der Waals surface area contributed by atoms with Gasteiger partial charge >= 0.3 is 5.97 Å². The van der Waals surface area contributed by atoms with E-state index < -0.39 is 34.5 Å². The number of ether oxygens (including phenoxy) is 1. The van der Waals surface area contributed by atoms with Gasteiger partial charge in [0.2, 0.25) is 10.0 Å². The van der Waals surface area contributed by atoms with Crippen LogP contribution in [0.1, 0.15) is 31.0 Å². The van der Waals surface area contributed by atoms with Crippen molar-refractivity contribution in [1.29, 1.82) is 0 Å². The van der Waals surface area contributed by atoms with E-state index in [4.69, 9.17) is 4.74 Å². The van der Waals surface area contributed by atoms with Crippen molar-refractivity contribution < 1.29 is 22.7 Å². The molecular formula is C21H24N2O5S. The van der Waals surface area contributed by atoms with E-state index in [1.165, 1.54) is 13.0 Å². The molecule has 0 radical (unpaired) electrons. The van der Waals surface area contributed by atoms with Gasteiger partial charge in [-0.25, -0.2) is 13.1 Å². The monoisotopic (exact) mass is 416 g/mol. The van der Waals surface area contributed by atoms with Gasteiger partial charge < -0.3 is 10.1 Å². The molecule has 0 aliphatic heterocycles. The number of nitrogens with one attached hydrogen (secondary N) is 2. The van der Waals surface area contributed by atoms with E-state index in [-0.39, 0.29) is 6.04 Å². The number of esters is 1. The SMILES string of the molecule is CC(OC(=O)CNS(=O)(=O)/C=C/c1ccccc1)C(=O)NC(C)c1ccccc1. The van der Waals surface area contributed by atoms with Crippen molar-refractivity contribution in [1.82, 2.24) is 10.0 Å². The molecule has 1 amide bonds. The third-order valence-electron chi connectivity index (χ3n) is 3.99. The zero-order chi connectivity index (χ0) is 21.3. The molecule has 2 N–H and O–H groups in total. The molecule has 2 rings (SSSR count). The molecule has 0 aliphatic carbocycles. The molecule has 0 fully saturated rings. The molecule has 2 atom stereocenters. The zero-order valence-corrected chi connectivity index (χ0v) is 17.1. The molecule has 2 aromatic rings. The molecule has 0 heterocycles. The Hall–Kier alpha value is -2.97. The molecule has 0 spiro atoms. The summed E-state index contributed by atoms with van der Waals surface area (Å²) in [6.07, 6.45) is 0.354. The van der Waals surface area contributed by atoms with Gasteiger partial charge in [-0.05, 0) is 31.1 Å². The number of hydrogen-bond donors (Lipinski definition) is 2. The summed E-state index contributed by atoms with van der Waals surface area (Å²) in [5, 5.41) is 3.71. The molecule has 29 heavy (non-hydrogen) atoms. The molecule has 7 nitrogen and oxygen atoms in total. The summed E-state index contributed by atoms with van der Waals surface area (Å²) in [5.41, 5.74) is 1.62. The average molecular weight is 416 g/mol. The Morgan fingerprint density at radius 2 is 1.59 bits per heavy atom. The lowest BCUT2D eigenvalue weighted by molar-refractivity contribution is -0.153. The van der Waals surface area contributed by atoms with Crippen molar-refractivity contribution in [3.8, 4) is 0 Å². The van der Waals surface area contributed by atoms with Crippen molar-refractivity contribution in [2.45, 2.75) is 26.0 Å². The van der Waals surface area contributed by atoms with Crippen LogP contribution in [0.15, 0.2) is 66.1 Å². The second kappa shape index (κ2) is 10.5. The van der Waals surface area contributed by atoms with Crippen LogP contribution in [0.5, 0.6) is 0 Å². The van der Waals surface area contributed by atoms with Crippen LogP contribution in [0.4, 0.5) is 0 Å². The Balaban J connectivity index is 1.80. The standard InChI is InChI=1S/C21H24N2O5S/c1-16(19-11-7-4-8-12-19)23-21(25)17(2)28-20(24)15-22-29(26,27)14-13-18-9-5-3-6-10-18/h3-14,16-17,22H,15H2,1-2H3,(H,23,25)/b14-13+. The zero-order valence-electron chi connectivity index (χ0n) is 16.2. The Bertz CT molecular complexity index is 944. The molecule has 8 heteroatoms. The topological polar surface area (TPSA) is 102 Å². The minimum absolute atomic E-state index is 0.258. The summed E-state index contributed by atoms with van der Waals surface area (Å²) >= 11 is 0. The number of carbonyl (C=O) groups excluding carboxylic acids is 2. The van der Waals surface area contributed by atoms with Crippen LogP contribution in [0, 0.1) is 0 Å². The number of benzene rings is 2. The fourth-order valence-electron chi connectivity index (χ4n) is 2.39. The predicted octanol–water partition coefficient (Wildman–Crippen LogP) is 2.39. The lowest BCUT2D eigenvalue weighted by Crippen LogP contribution is -2.39. The first-order chi connectivity index (χ1) is 13.8. The van der Waals surface area contributed by atoms with Gasteiger partial charge in [0.1, 0.15) is 6.54 Å². The van der Waals surface area contributed by atoms with Crippen LogP contribution in [-0.4, -0.2) is 32.9 Å². The van der Waals surface area contributed by atoms with E-state index in [0.29, 0.717) is 5.56 Å². The second-order valence-corrected chi connectivity index (χ2v) is 8.00. The molecular weight excluding hydrogens is 392 g/mol. The van der Waals surface area contributed by atoms with Gasteiger partial charge in [-0.1, -0.05) is 60.7 Å². The van der Waals surface area contributed by atoms with Gasteiger partial charge in [-0.2, -0.15) is 0 Å². The first-order valence-electron chi connectivity index (χ1n) is 9.04. The van der Waals surface area contributed by atoms with E-state index in [2.05, 4.69) is 10.0 Å². The maximum atomic E-state index is 12.2. The fraction of sp³-hybridized carbons (Fsp3) is 0.238. The van der Waals surface area contributed by atoms with Crippen LogP contribution in [0.3, 0.4) is 0 Å². The highest BCUT2D eigenvalue weighted by Gasteiger charge is 2.20. The number of rotatable bonds is 9. The van der Waals surface area contributed by atoms with Crippen molar-refractivity contribution in [3.63, 3.8) is 0 Å². The quantitative estimate of drug-likeness (QED) is 0.611. The second-order valence-electron chi connectivity index (χ2n) is 6.35.